The SMILES string of the molecule is NCCCCCCCCCCCCN(S(=O)(=O)c1ccc([N+](=O)[O-])cc1)S(=O)(=O)c1ccc([N+](=O)[O-])cc1. The summed E-state index contributed by atoms with van der Waals surface area (Å²) in [5.74, 6) is 0. The predicted molar refractivity (Wildman–Crippen MR) is 142 cm³/mol. The molecule has 0 spiro atoms. The van der Waals surface area contributed by atoms with Crippen molar-refractivity contribution in [3.05, 3.63) is 68.8 Å². The molecule has 0 saturated heterocycles. The van der Waals surface area contributed by atoms with Crippen LogP contribution in [0.2, 0.25) is 0 Å². The average molecular weight is 571 g/mol. The first-order valence-electron chi connectivity index (χ1n) is 12.5. The minimum absolute atomic E-state index is 0.273. The fraction of sp³-hybridized carbons (Fsp3) is 0.500. The van der Waals surface area contributed by atoms with E-state index in [1.165, 1.54) is 0 Å². The van der Waals surface area contributed by atoms with Crippen molar-refractivity contribution in [2.24, 2.45) is 5.73 Å². The number of benzene rings is 2. The predicted octanol–water partition coefficient (Wildman–Crippen LogP) is 4.74. The molecule has 0 radical (unpaired) electrons. The van der Waals surface area contributed by atoms with E-state index < -0.39 is 39.7 Å². The van der Waals surface area contributed by atoms with Crippen molar-refractivity contribution >= 4 is 31.4 Å². The fourth-order valence-electron chi connectivity index (χ4n) is 3.88. The molecule has 0 aliphatic rings. The standard InChI is InChI=1S/C24H34N4O8S2/c25-19-9-7-5-3-1-2-4-6-8-10-20-26(37(33,34)23-15-11-21(12-16-23)27(29)30)38(35,36)24-17-13-22(14-18-24)28(31)32/h11-18H,1-10,19-20,25H2. The van der Waals surface area contributed by atoms with Gasteiger partial charge in [-0.15, -0.1) is 0 Å². The van der Waals surface area contributed by atoms with Crippen LogP contribution in [0.15, 0.2) is 58.3 Å². The van der Waals surface area contributed by atoms with Crippen LogP contribution in [0.3, 0.4) is 0 Å². The van der Waals surface area contributed by atoms with Crippen LogP contribution >= 0.6 is 0 Å². The summed E-state index contributed by atoms with van der Waals surface area (Å²) in [4.78, 5) is 19.7. The molecule has 210 valence electrons. The van der Waals surface area contributed by atoms with E-state index >= 15 is 0 Å². The van der Waals surface area contributed by atoms with Crippen molar-refractivity contribution in [2.75, 3.05) is 13.1 Å². The number of hydrogen-bond donors (Lipinski definition) is 1. The molecule has 0 aromatic heterocycles. The molecular formula is C24H34N4O8S2. The molecule has 12 nitrogen and oxygen atoms in total. The first-order chi connectivity index (χ1) is 18.0. The highest BCUT2D eigenvalue weighted by Gasteiger charge is 2.36. The number of nitrogens with two attached hydrogens (primary N) is 1. The number of nitrogens with zero attached hydrogens (tertiary/aromatic N) is 3. The van der Waals surface area contributed by atoms with E-state index in [1.54, 1.807) is 0 Å². The Morgan fingerprint density at radius 2 is 0.895 bits per heavy atom. The second-order valence-electron chi connectivity index (χ2n) is 8.83. The normalized spacial score (nSPS) is 12.1. The quantitative estimate of drug-likeness (QED) is 0.150. The van der Waals surface area contributed by atoms with Crippen LogP contribution in [0.5, 0.6) is 0 Å². The van der Waals surface area contributed by atoms with Gasteiger partial charge in [0.2, 0.25) is 0 Å². The number of nitro benzene ring substituents is 2. The molecule has 2 aromatic carbocycles. The van der Waals surface area contributed by atoms with Gasteiger partial charge in [-0.05, 0) is 43.7 Å². The molecule has 14 heteroatoms. The number of unbranched alkanes of at least 4 members (excludes halogenated alkanes) is 9. The summed E-state index contributed by atoms with van der Waals surface area (Å²) in [5, 5.41) is 21.9. The van der Waals surface area contributed by atoms with Gasteiger partial charge >= 0.3 is 0 Å². The number of nitro groups is 2. The van der Waals surface area contributed by atoms with Gasteiger partial charge in [0.15, 0.2) is 0 Å². The lowest BCUT2D eigenvalue weighted by Crippen LogP contribution is -2.37. The van der Waals surface area contributed by atoms with E-state index in [-0.39, 0.29) is 24.3 Å². The summed E-state index contributed by atoms with van der Waals surface area (Å²) >= 11 is 0. The third kappa shape index (κ3) is 8.82. The van der Waals surface area contributed by atoms with E-state index in [0.717, 1.165) is 99.9 Å². The van der Waals surface area contributed by atoms with Gasteiger partial charge in [0.05, 0.1) is 19.6 Å². The Hall–Kier alpha value is -2.94. The van der Waals surface area contributed by atoms with Gasteiger partial charge in [0.25, 0.3) is 31.4 Å². The summed E-state index contributed by atoms with van der Waals surface area (Å²) in [5.41, 5.74) is 4.80. The van der Waals surface area contributed by atoms with E-state index in [0.29, 0.717) is 16.7 Å². The van der Waals surface area contributed by atoms with Gasteiger partial charge in [0.1, 0.15) is 0 Å². The van der Waals surface area contributed by atoms with E-state index in [4.69, 9.17) is 5.73 Å². The zero-order chi connectivity index (χ0) is 28.2. The Morgan fingerprint density at radius 1 is 0.579 bits per heavy atom. The molecule has 2 rings (SSSR count). The number of hydrogen-bond acceptors (Lipinski definition) is 9. The van der Waals surface area contributed by atoms with Crippen LogP contribution in [0.1, 0.15) is 64.2 Å². The lowest BCUT2D eigenvalue weighted by Gasteiger charge is -2.22. The lowest BCUT2D eigenvalue weighted by atomic mass is 10.1. The zero-order valence-electron chi connectivity index (χ0n) is 21.1. The van der Waals surface area contributed by atoms with E-state index in [2.05, 4.69) is 0 Å². The summed E-state index contributed by atoms with van der Waals surface area (Å²) in [6.07, 6.45) is 9.20. The maximum absolute atomic E-state index is 13.4. The van der Waals surface area contributed by atoms with Gasteiger partial charge in [0, 0.05) is 30.8 Å². The zero-order valence-corrected chi connectivity index (χ0v) is 22.7. The molecule has 0 aliphatic heterocycles. The van der Waals surface area contributed by atoms with Crippen molar-refractivity contribution in [1.29, 1.82) is 0 Å². The lowest BCUT2D eigenvalue weighted by molar-refractivity contribution is -0.385. The monoisotopic (exact) mass is 570 g/mol. The summed E-state index contributed by atoms with van der Waals surface area (Å²) in [7, 11) is -9.22. The number of sulfonamides is 2. The van der Waals surface area contributed by atoms with Gasteiger partial charge in [-0.2, -0.15) is 0 Å². The Morgan fingerprint density at radius 3 is 1.21 bits per heavy atom. The Labute approximate surface area is 223 Å². The molecule has 2 aromatic rings. The Kier molecular flexibility index (Phi) is 12.2. The molecule has 0 fully saturated rings. The highest BCUT2D eigenvalue weighted by Crippen LogP contribution is 2.27. The van der Waals surface area contributed by atoms with Crippen molar-refractivity contribution < 1.29 is 26.7 Å². The second kappa shape index (κ2) is 14.9. The summed E-state index contributed by atoms with van der Waals surface area (Å²) in [6.45, 7) is 0.370. The van der Waals surface area contributed by atoms with Crippen LogP contribution in [-0.4, -0.2) is 43.5 Å². The summed E-state index contributed by atoms with van der Waals surface area (Å²) in [6, 6.07) is 7.88. The van der Waals surface area contributed by atoms with Crippen LogP contribution < -0.4 is 5.73 Å². The molecule has 0 amide bonds. The first-order valence-corrected chi connectivity index (χ1v) is 15.4. The molecule has 0 aliphatic carbocycles. The van der Waals surface area contributed by atoms with Crippen molar-refractivity contribution in [3.63, 3.8) is 0 Å². The highest BCUT2D eigenvalue weighted by atomic mass is 32.3. The van der Waals surface area contributed by atoms with Gasteiger partial charge in [-0.1, -0.05) is 55.1 Å². The average Bonchev–Trinajstić information content (AvgIpc) is 2.89. The molecule has 0 unspecified atom stereocenters. The molecule has 0 atom stereocenters. The van der Waals surface area contributed by atoms with Gasteiger partial charge in [-0.3, -0.25) is 20.2 Å². The Balaban J connectivity index is 2.14. The van der Waals surface area contributed by atoms with Crippen LogP contribution in [-0.2, 0) is 20.0 Å². The van der Waals surface area contributed by atoms with Crippen LogP contribution in [0, 0.1) is 20.2 Å². The maximum atomic E-state index is 13.4. The third-order valence-corrected chi connectivity index (χ3v) is 10.4. The second-order valence-corrected chi connectivity index (χ2v) is 12.8. The van der Waals surface area contributed by atoms with Crippen LogP contribution in [0.25, 0.3) is 0 Å². The topological polar surface area (TPSA) is 184 Å². The third-order valence-electron chi connectivity index (χ3n) is 6.02. The molecular weight excluding hydrogens is 536 g/mol. The number of rotatable bonds is 18. The minimum atomic E-state index is -4.61. The minimum Gasteiger partial charge on any atom is -0.330 e. The fourth-order valence-corrected chi connectivity index (χ4v) is 7.60. The maximum Gasteiger partial charge on any atom is 0.269 e. The largest absolute Gasteiger partial charge is 0.330 e. The van der Waals surface area contributed by atoms with Gasteiger partial charge in [-0.25, -0.2) is 16.8 Å². The van der Waals surface area contributed by atoms with Gasteiger partial charge < -0.3 is 5.73 Å². The molecule has 0 heterocycles. The van der Waals surface area contributed by atoms with Crippen molar-refractivity contribution in [2.45, 2.75) is 74.0 Å². The van der Waals surface area contributed by atoms with Crippen molar-refractivity contribution in [3.8, 4) is 0 Å². The number of non-ortho nitro benzene ring substituents is 2. The molecule has 0 saturated carbocycles. The summed E-state index contributed by atoms with van der Waals surface area (Å²) < 4.78 is 53.9. The van der Waals surface area contributed by atoms with Crippen molar-refractivity contribution in [1.82, 2.24) is 3.71 Å². The van der Waals surface area contributed by atoms with E-state index in [1.807, 2.05) is 0 Å². The Bertz CT molecular complexity index is 1180. The first kappa shape index (κ1) is 31.3. The smallest absolute Gasteiger partial charge is 0.269 e. The van der Waals surface area contributed by atoms with Crippen LogP contribution in [0.4, 0.5) is 11.4 Å². The molecule has 38 heavy (non-hydrogen) atoms. The molecule has 2 N–H and O–H groups in total. The highest BCUT2D eigenvalue weighted by molar-refractivity contribution is 8.04. The molecule has 0 bridgehead atoms. The van der Waals surface area contributed by atoms with E-state index in [9.17, 15) is 37.1 Å².